The highest BCUT2D eigenvalue weighted by molar-refractivity contribution is 5.34. The van der Waals surface area contributed by atoms with Crippen LogP contribution in [0.25, 0.3) is 0 Å². The molecule has 0 radical (unpaired) electrons. The predicted octanol–water partition coefficient (Wildman–Crippen LogP) is 2.65. The van der Waals surface area contributed by atoms with Gasteiger partial charge in [0.15, 0.2) is 0 Å². The van der Waals surface area contributed by atoms with Gasteiger partial charge in [-0.1, -0.05) is 36.8 Å². The molecule has 1 atom stereocenters. The Morgan fingerprint density at radius 2 is 2.00 bits per heavy atom. The zero-order valence-electron chi connectivity index (χ0n) is 8.66. The lowest BCUT2D eigenvalue weighted by Gasteiger charge is -2.07. The molecule has 0 heterocycles. The lowest BCUT2D eigenvalue weighted by molar-refractivity contribution is 0.552. The van der Waals surface area contributed by atoms with Crippen molar-refractivity contribution in [1.82, 2.24) is 0 Å². The van der Waals surface area contributed by atoms with E-state index in [1.165, 1.54) is 11.1 Å². The minimum Gasteiger partial charge on any atom is -0.211 e. The number of benzene rings is 1. The quantitative estimate of drug-likeness (QED) is 0.529. The molecule has 1 aromatic carbocycles. The Hall–Kier alpha value is -1.40. The fraction of sp³-hybridized carbons (Fsp3) is 0.417. The summed E-state index contributed by atoms with van der Waals surface area (Å²) in [6, 6.07) is 8.39. The maximum Gasteiger partial charge on any atom is 0.235 e. The van der Waals surface area contributed by atoms with E-state index in [-0.39, 0.29) is 6.04 Å². The normalized spacial score (nSPS) is 11.9. The van der Waals surface area contributed by atoms with E-state index >= 15 is 0 Å². The van der Waals surface area contributed by atoms with Crippen LogP contribution in [-0.2, 0) is 11.2 Å². The van der Waals surface area contributed by atoms with Crippen molar-refractivity contribution in [1.29, 1.82) is 0 Å². The molecule has 0 aromatic heterocycles. The van der Waals surface area contributed by atoms with E-state index < -0.39 is 0 Å². The molecule has 0 saturated heterocycles. The molecule has 74 valence electrons. The van der Waals surface area contributed by atoms with Gasteiger partial charge in [0.25, 0.3) is 0 Å². The third kappa shape index (κ3) is 3.15. The molecule has 1 aromatic rings. The predicted molar refractivity (Wildman–Crippen MR) is 57.1 cm³/mol. The van der Waals surface area contributed by atoms with Crippen LogP contribution in [0.1, 0.15) is 24.5 Å². The van der Waals surface area contributed by atoms with Crippen molar-refractivity contribution >= 4 is 6.08 Å². The topological polar surface area (TPSA) is 29.4 Å². The minimum absolute atomic E-state index is 0.0789. The largest absolute Gasteiger partial charge is 0.235 e. The molecule has 0 aliphatic heterocycles. The number of carbonyl (C=O) groups excluding carboxylic acids is 1. The van der Waals surface area contributed by atoms with Gasteiger partial charge in [0.2, 0.25) is 6.08 Å². The molecule has 14 heavy (non-hydrogen) atoms. The molecule has 1 rings (SSSR count). The number of aryl methyl sites for hydroxylation is 1. The van der Waals surface area contributed by atoms with Gasteiger partial charge in [-0.3, -0.25) is 0 Å². The average Bonchev–Trinajstić information content (AvgIpc) is 2.20. The maximum atomic E-state index is 10.1. The second-order valence-electron chi connectivity index (χ2n) is 3.47. The molecule has 0 amide bonds. The molecule has 0 bridgehead atoms. The highest BCUT2D eigenvalue weighted by Gasteiger charge is 2.04. The fourth-order valence-corrected chi connectivity index (χ4v) is 1.35. The van der Waals surface area contributed by atoms with Crippen LogP contribution in [0.4, 0.5) is 0 Å². The van der Waals surface area contributed by atoms with E-state index in [0.717, 1.165) is 12.8 Å². The van der Waals surface area contributed by atoms with E-state index in [9.17, 15) is 4.79 Å². The van der Waals surface area contributed by atoms with Gasteiger partial charge in [0.1, 0.15) is 0 Å². The Bertz CT molecular complexity index is 323. The summed E-state index contributed by atoms with van der Waals surface area (Å²) in [4.78, 5) is 13.9. The summed E-state index contributed by atoms with van der Waals surface area (Å²) in [5.41, 5.74) is 2.47. The summed E-state index contributed by atoms with van der Waals surface area (Å²) in [7, 11) is 0. The summed E-state index contributed by atoms with van der Waals surface area (Å²) in [5, 5.41) is 0. The molecule has 0 fully saturated rings. The molecule has 0 N–H and O–H groups in total. The van der Waals surface area contributed by atoms with E-state index in [4.69, 9.17) is 0 Å². The van der Waals surface area contributed by atoms with Crippen LogP contribution >= 0.6 is 0 Å². The van der Waals surface area contributed by atoms with Crippen molar-refractivity contribution in [2.24, 2.45) is 4.99 Å². The maximum absolute atomic E-state index is 10.1. The monoisotopic (exact) mass is 189 g/mol. The summed E-state index contributed by atoms with van der Waals surface area (Å²) >= 11 is 0. The summed E-state index contributed by atoms with van der Waals surface area (Å²) in [5.74, 6) is 0. The Morgan fingerprint density at radius 3 is 2.50 bits per heavy atom. The van der Waals surface area contributed by atoms with E-state index in [2.05, 4.69) is 36.2 Å². The summed E-state index contributed by atoms with van der Waals surface area (Å²) in [6.07, 6.45) is 3.33. The smallest absolute Gasteiger partial charge is 0.211 e. The van der Waals surface area contributed by atoms with Crippen LogP contribution in [0.5, 0.6) is 0 Å². The van der Waals surface area contributed by atoms with Gasteiger partial charge >= 0.3 is 0 Å². The van der Waals surface area contributed by atoms with Crippen LogP contribution in [0.15, 0.2) is 29.3 Å². The number of isocyanates is 1. The first-order valence-corrected chi connectivity index (χ1v) is 4.88. The molecule has 0 saturated carbocycles. The lowest BCUT2D eigenvalue weighted by atomic mass is 10.0. The van der Waals surface area contributed by atoms with Crippen LogP contribution in [-0.4, -0.2) is 12.1 Å². The second-order valence-corrected chi connectivity index (χ2v) is 3.47. The van der Waals surface area contributed by atoms with Gasteiger partial charge in [0, 0.05) is 0 Å². The van der Waals surface area contributed by atoms with Gasteiger partial charge in [-0.25, -0.2) is 9.79 Å². The van der Waals surface area contributed by atoms with Crippen molar-refractivity contribution in [2.75, 3.05) is 0 Å². The Labute approximate surface area is 84.7 Å². The van der Waals surface area contributed by atoms with Gasteiger partial charge in [0.05, 0.1) is 6.04 Å². The highest BCUT2D eigenvalue weighted by Crippen LogP contribution is 2.09. The van der Waals surface area contributed by atoms with Crippen LogP contribution < -0.4 is 0 Å². The summed E-state index contributed by atoms with van der Waals surface area (Å²) in [6.45, 7) is 4.09. The van der Waals surface area contributed by atoms with E-state index in [1.54, 1.807) is 6.08 Å². The molecular formula is C12H15NO. The third-order valence-electron chi connectivity index (χ3n) is 2.30. The molecule has 0 spiro atoms. The first-order chi connectivity index (χ1) is 6.76. The first-order valence-electron chi connectivity index (χ1n) is 4.88. The molecule has 2 nitrogen and oxygen atoms in total. The fourth-order valence-electron chi connectivity index (χ4n) is 1.35. The molecular weight excluding hydrogens is 174 g/mol. The van der Waals surface area contributed by atoms with Crippen molar-refractivity contribution < 1.29 is 4.79 Å². The van der Waals surface area contributed by atoms with Gasteiger partial charge < -0.3 is 0 Å². The first kappa shape index (κ1) is 10.7. The van der Waals surface area contributed by atoms with Crippen molar-refractivity contribution in [3.8, 4) is 0 Å². The summed E-state index contributed by atoms with van der Waals surface area (Å²) < 4.78 is 0. The van der Waals surface area contributed by atoms with Crippen LogP contribution in [0, 0.1) is 6.92 Å². The molecule has 0 aliphatic carbocycles. The van der Waals surface area contributed by atoms with E-state index in [0.29, 0.717) is 0 Å². The zero-order chi connectivity index (χ0) is 10.4. The minimum atomic E-state index is 0.0789. The number of hydrogen-bond acceptors (Lipinski definition) is 2. The zero-order valence-corrected chi connectivity index (χ0v) is 8.66. The Kier molecular flexibility index (Phi) is 4.09. The SMILES string of the molecule is CCC(Cc1ccc(C)cc1)N=C=O. The van der Waals surface area contributed by atoms with Crippen molar-refractivity contribution in [3.63, 3.8) is 0 Å². The number of nitrogens with zero attached hydrogens (tertiary/aromatic N) is 1. The van der Waals surface area contributed by atoms with E-state index in [1.807, 2.05) is 6.92 Å². The second kappa shape index (κ2) is 5.36. The highest BCUT2D eigenvalue weighted by atomic mass is 16.1. The van der Waals surface area contributed by atoms with Gasteiger partial charge in [-0.15, -0.1) is 0 Å². The van der Waals surface area contributed by atoms with Crippen LogP contribution in [0.3, 0.4) is 0 Å². The molecule has 1 unspecified atom stereocenters. The van der Waals surface area contributed by atoms with Gasteiger partial charge in [-0.2, -0.15) is 0 Å². The molecule has 2 heteroatoms. The molecule has 0 aliphatic rings. The Balaban J connectivity index is 2.67. The van der Waals surface area contributed by atoms with Crippen molar-refractivity contribution in [2.45, 2.75) is 32.7 Å². The lowest BCUT2D eigenvalue weighted by Crippen LogP contribution is -2.06. The number of rotatable bonds is 4. The Morgan fingerprint density at radius 1 is 1.36 bits per heavy atom. The van der Waals surface area contributed by atoms with Crippen molar-refractivity contribution in [3.05, 3.63) is 35.4 Å². The van der Waals surface area contributed by atoms with Crippen LogP contribution in [0.2, 0.25) is 0 Å². The average molecular weight is 189 g/mol. The third-order valence-corrected chi connectivity index (χ3v) is 2.30. The standard InChI is InChI=1S/C12H15NO/c1-3-12(13-9-14)8-11-6-4-10(2)5-7-11/h4-7,12H,3,8H2,1-2H3. The number of hydrogen-bond donors (Lipinski definition) is 0. The van der Waals surface area contributed by atoms with Gasteiger partial charge in [-0.05, 0) is 25.3 Å². The number of aliphatic imine (C=N–C) groups is 1.